The van der Waals surface area contributed by atoms with Crippen molar-refractivity contribution in [3.05, 3.63) is 102 Å². The highest BCUT2D eigenvalue weighted by Crippen LogP contribution is 2.32. The van der Waals surface area contributed by atoms with Gasteiger partial charge in [-0.2, -0.15) is 0 Å². The van der Waals surface area contributed by atoms with E-state index < -0.39 is 35.3 Å². The Balaban J connectivity index is 2.08. The standard InChI is InChI=1S/C26H24FNO3/c1-17(2)24(29)23(26(31)28-21-11-7-4-8-12-21)22(18-9-5-3-6-10-18)25(30)19-13-15-20(27)16-14-19/h3-17,22-23H,1-2H3,(H,28,31)/t22?,23-/m1/s1. The highest BCUT2D eigenvalue weighted by molar-refractivity contribution is 6.14. The molecule has 0 aliphatic carbocycles. The van der Waals surface area contributed by atoms with Crippen LogP contribution in [0.3, 0.4) is 0 Å². The molecule has 31 heavy (non-hydrogen) atoms. The van der Waals surface area contributed by atoms with Crippen LogP contribution in [0.4, 0.5) is 10.1 Å². The molecule has 0 aromatic heterocycles. The number of rotatable bonds is 8. The van der Waals surface area contributed by atoms with Crippen LogP contribution in [0, 0.1) is 17.7 Å². The molecule has 0 aliphatic heterocycles. The van der Waals surface area contributed by atoms with E-state index in [2.05, 4.69) is 5.32 Å². The Hall–Kier alpha value is -3.60. The number of hydrogen-bond donors (Lipinski definition) is 1. The second-order valence-corrected chi connectivity index (χ2v) is 7.65. The third kappa shape index (κ3) is 5.31. The number of hydrogen-bond acceptors (Lipinski definition) is 3. The van der Waals surface area contributed by atoms with Crippen LogP contribution in [-0.4, -0.2) is 17.5 Å². The van der Waals surface area contributed by atoms with Crippen molar-refractivity contribution in [2.24, 2.45) is 11.8 Å². The number of halogens is 1. The number of ketones is 2. The first kappa shape index (κ1) is 22.1. The molecule has 0 radical (unpaired) electrons. The van der Waals surface area contributed by atoms with Crippen LogP contribution in [0.15, 0.2) is 84.9 Å². The molecule has 4 nitrogen and oxygen atoms in total. The van der Waals surface area contributed by atoms with Gasteiger partial charge < -0.3 is 5.32 Å². The predicted octanol–water partition coefficient (Wildman–Crippen LogP) is 5.27. The molecular formula is C26H24FNO3. The van der Waals surface area contributed by atoms with Crippen LogP contribution in [0.1, 0.15) is 35.7 Å². The maximum atomic E-state index is 13.5. The summed E-state index contributed by atoms with van der Waals surface area (Å²) in [5, 5.41) is 2.77. The Bertz CT molecular complexity index is 1050. The molecule has 0 aliphatic rings. The summed E-state index contributed by atoms with van der Waals surface area (Å²) in [5.41, 5.74) is 1.33. The minimum Gasteiger partial charge on any atom is -0.325 e. The van der Waals surface area contributed by atoms with Gasteiger partial charge in [-0.25, -0.2) is 4.39 Å². The average Bonchev–Trinajstić information content (AvgIpc) is 2.78. The number of carbonyl (C=O) groups excluding carboxylic acids is 3. The number of benzene rings is 3. The molecule has 0 spiro atoms. The number of anilines is 1. The van der Waals surface area contributed by atoms with E-state index in [4.69, 9.17) is 0 Å². The summed E-state index contributed by atoms with van der Waals surface area (Å²) in [5.74, 6) is -4.49. The molecular weight excluding hydrogens is 393 g/mol. The van der Waals surface area contributed by atoms with Crippen LogP contribution in [0.25, 0.3) is 0 Å². The molecule has 0 fully saturated rings. The minimum atomic E-state index is -1.24. The van der Waals surface area contributed by atoms with Crippen molar-refractivity contribution in [1.82, 2.24) is 0 Å². The molecule has 158 valence electrons. The van der Waals surface area contributed by atoms with E-state index >= 15 is 0 Å². The van der Waals surface area contributed by atoms with Gasteiger partial charge in [-0.15, -0.1) is 0 Å². The lowest BCUT2D eigenvalue weighted by atomic mass is 9.75. The molecule has 0 bridgehead atoms. The fourth-order valence-electron chi connectivity index (χ4n) is 3.49. The zero-order valence-corrected chi connectivity index (χ0v) is 17.4. The average molecular weight is 417 g/mol. The van der Waals surface area contributed by atoms with Gasteiger partial charge in [-0.1, -0.05) is 62.4 Å². The highest BCUT2D eigenvalue weighted by atomic mass is 19.1. The van der Waals surface area contributed by atoms with Gasteiger partial charge in [0, 0.05) is 17.2 Å². The van der Waals surface area contributed by atoms with E-state index in [1.165, 1.54) is 24.3 Å². The molecule has 0 saturated carbocycles. The van der Waals surface area contributed by atoms with Gasteiger partial charge in [0.2, 0.25) is 5.91 Å². The van der Waals surface area contributed by atoms with Crippen molar-refractivity contribution in [3.63, 3.8) is 0 Å². The Labute approximate surface area is 181 Å². The van der Waals surface area contributed by atoms with E-state index in [1.54, 1.807) is 68.4 Å². The Kier molecular flexibility index (Phi) is 7.08. The van der Waals surface area contributed by atoms with Gasteiger partial charge >= 0.3 is 0 Å². The summed E-state index contributed by atoms with van der Waals surface area (Å²) in [4.78, 5) is 40.1. The fourth-order valence-corrected chi connectivity index (χ4v) is 3.49. The second-order valence-electron chi connectivity index (χ2n) is 7.65. The van der Waals surface area contributed by atoms with Crippen molar-refractivity contribution < 1.29 is 18.8 Å². The van der Waals surface area contributed by atoms with Crippen molar-refractivity contribution in [1.29, 1.82) is 0 Å². The van der Waals surface area contributed by atoms with Crippen molar-refractivity contribution in [2.75, 3.05) is 5.32 Å². The molecule has 0 heterocycles. The maximum Gasteiger partial charge on any atom is 0.236 e. The number of nitrogens with one attached hydrogen (secondary N) is 1. The molecule has 1 unspecified atom stereocenters. The Morgan fingerprint density at radius 3 is 1.87 bits per heavy atom. The number of carbonyl (C=O) groups is 3. The van der Waals surface area contributed by atoms with Gasteiger partial charge in [-0.05, 0) is 42.0 Å². The van der Waals surface area contributed by atoms with Gasteiger partial charge in [0.25, 0.3) is 0 Å². The van der Waals surface area contributed by atoms with Crippen LogP contribution >= 0.6 is 0 Å². The number of para-hydroxylation sites is 1. The molecule has 5 heteroatoms. The van der Waals surface area contributed by atoms with Crippen LogP contribution < -0.4 is 5.32 Å². The summed E-state index contributed by atoms with van der Waals surface area (Å²) < 4.78 is 13.4. The lowest BCUT2D eigenvalue weighted by molar-refractivity contribution is -0.133. The lowest BCUT2D eigenvalue weighted by Gasteiger charge is -2.26. The predicted molar refractivity (Wildman–Crippen MR) is 118 cm³/mol. The van der Waals surface area contributed by atoms with Gasteiger partial charge in [0.15, 0.2) is 5.78 Å². The Morgan fingerprint density at radius 1 is 0.774 bits per heavy atom. The molecule has 3 rings (SSSR count). The quantitative estimate of drug-likeness (QED) is 0.401. The van der Waals surface area contributed by atoms with Crippen molar-refractivity contribution in [2.45, 2.75) is 19.8 Å². The molecule has 2 atom stereocenters. The first-order chi connectivity index (χ1) is 14.9. The van der Waals surface area contributed by atoms with Gasteiger partial charge in [0.05, 0.1) is 5.92 Å². The van der Waals surface area contributed by atoms with E-state index in [0.29, 0.717) is 11.3 Å². The zero-order chi connectivity index (χ0) is 22.4. The van der Waals surface area contributed by atoms with Crippen LogP contribution in [-0.2, 0) is 9.59 Å². The summed E-state index contributed by atoms with van der Waals surface area (Å²) in [6, 6.07) is 22.7. The molecule has 0 saturated heterocycles. The first-order valence-electron chi connectivity index (χ1n) is 10.1. The van der Waals surface area contributed by atoms with E-state index in [1.807, 2.05) is 6.07 Å². The lowest BCUT2D eigenvalue weighted by Crippen LogP contribution is -2.40. The molecule has 1 N–H and O–H groups in total. The molecule has 1 amide bonds. The summed E-state index contributed by atoms with van der Waals surface area (Å²) in [6.45, 7) is 3.41. The van der Waals surface area contributed by atoms with E-state index in [0.717, 1.165) is 0 Å². The first-order valence-corrected chi connectivity index (χ1v) is 10.1. The van der Waals surface area contributed by atoms with Crippen LogP contribution in [0.5, 0.6) is 0 Å². The van der Waals surface area contributed by atoms with Crippen LogP contribution in [0.2, 0.25) is 0 Å². The zero-order valence-electron chi connectivity index (χ0n) is 17.4. The van der Waals surface area contributed by atoms with Gasteiger partial charge in [-0.3, -0.25) is 14.4 Å². The molecule has 3 aromatic carbocycles. The second kappa shape index (κ2) is 9.94. The topological polar surface area (TPSA) is 63.2 Å². The SMILES string of the molecule is CC(C)C(=O)[C@H](C(=O)Nc1ccccc1)C(C(=O)c1ccc(F)cc1)c1ccccc1. The fraction of sp³-hybridized carbons (Fsp3) is 0.192. The highest BCUT2D eigenvalue weighted by Gasteiger charge is 2.41. The minimum absolute atomic E-state index is 0.240. The third-order valence-corrected chi connectivity index (χ3v) is 5.10. The van der Waals surface area contributed by atoms with Crippen molar-refractivity contribution >= 4 is 23.2 Å². The smallest absolute Gasteiger partial charge is 0.236 e. The normalized spacial score (nSPS) is 12.8. The molecule has 3 aromatic rings. The third-order valence-electron chi connectivity index (χ3n) is 5.10. The maximum absolute atomic E-state index is 13.5. The Morgan fingerprint density at radius 2 is 1.32 bits per heavy atom. The summed E-state index contributed by atoms with van der Waals surface area (Å²) in [7, 11) is 0. The van der Waals surface area contributed by atoms with E-state index in [-0.39, 0.29) is 11.3 Å². The summed E-state index contributed by atoms with van der Waals surface area (Å²) >= 11 is 0. The summed E-state index contributed by atoms with van der Waals surface area (Å²) in [6.07, 6.45) is 0. The van der Waals surface area contributed by atoms with Crippen molar-refractivity contribution in [3.8, 4) is 0 Å². The van der Waals surface area contributed by atoms with E-state index in [9.17, 15) is 18.8 Å². The monoisotopic (exact) mass is 417 g/mol. The van der Waals surface area contributed by atoms with Gasteiger partial charge in [0.1, 0.15) is 17.5 Å². The number of amides is 1. The number of Topliss-reactive ketones (excluding diaryl/α,β-unsaturated/α-hetero) is 2. The largest absolute Gasteiger partial charge is 0.325 e.